The van der Waals surface area contributed by atoms with E-state index in [1.54, 1.807) is 13.0 Å². The average Bonchev–Trinajstić information content (AvgIpc) is 2.15. The second-order valence-electron chi connectivity index (χ2n) is 3.19. The number of allylic oxidation sites excluding steroid dienone is 2. The number of carbonyl (C=O) groups excluding carboxylic acids is 1. The number of benzene rings is 1. The molecule has 0 amide bonds. The summed E-state index contributed by atoms with van der Waals surface area (Å²) in [6, 6.07) is 5.74. The van der Waals surface area contributed by atoms with E-state index in [0.29, 0.717) is 0 Å². The number of aryl methyl sites for hydroxylation is 1. The molecule has 0 aromatic heterocycles. The Hall–Kier alpha value is -1.63. The van der Waals surface area contributed by atoms with Gasteiger partial charge >= 0.3 is 0 Å². The Kier molecular flexibility index (Phi) is 3.41. The second kappa shape index (κ2) is 4.56. The molecule has 0 aliphatic rings. The molecule has 0 atom stereocenters. The highest BCUT2D eigenvalue weighted by Crippen LogP contribution is 2.16. The van der Waals surface area contributed by atoms with Gasteiger partial charge in [-0.15, -0.1) is 0 Å². The van der Waals surface area contributed by atoms with Crippen molar-refractivity contribution in [1.82, 2.24) is 0 Å². The molecule has 1 aromatic carbocycles. The van der Waals surface area contributed by atoms with Crippen LogP contribution in [-0.4, -0.2) is 5.78 Å². The van der Waals surface area contributed by atoms with Crippen molar-refractivity contribution in [2.45, 2.75) is 13.8 Å². The average molecular weight is 186 g/mol. The molecule has 1 heteroatoms. The smallest absolute Gasteiger partial charge is 0.160 e. The summed E-state index contributed by atoms with van der Waals surface area (Å²) in [6.45, 7) is 7.19. The Labute approximate surface area is 84.8 Å². The van der Waals surface area contributed by atoms with Gasteiger partial charge in [0, 0.05) is 5.56 Å². The minimum absolute atomic E-state index is 0.0948. The van der Waals surface area contributed by atoms with E-state index in [0.717, 1.165) is 16.7 Å². The molecule has 1 nitrogen and oxygen atoms in total. The third-order valence-corrected chi connectivity index (χ3v) is 2.10. The Morgan fingerprint density at radius 2 is 2.14 bits per heavy atom. The highest BCUT2D eigenvalue weighted by atomic mass is 16.1. The Bertz CT molecular complexity index is 386. The van der Waals surface area contributed by atoms with Gasteiger partial charge in [-0.3, -0.25) is 4.79 Å². The van der Waals surface area contributed by atoms with E-state index in [-0.39, 0.29) is 5.78 Å². The van der Waals surface area contributed by atoms with Crippen LogP contribution in [0.1, 0.15) is 28.4 Å². The van der Waals surface area contributed by atoms with Gasteiger partial charge < -0.3 is 0 Å². The van der Waals surface area contributed by atoms with Crippen molar-refractivity contribution in [2.24, 2.45) is 0 Å². The minimum atomic E-state index is 0.0948. The van der Waals surface area contributed by atoms with E-state index in [9.17, 15) is 4.79 Å². The highest BCUT2D eigenvalue weighted by molar-refractivity contribution is 5.98. The monoisotopic (exact) mass is 186 g/mol. The zero-order chi connectivity index (χ0) is 10.6. The number of hydrogen-bond donors (Lipinski definition) is 0. The molecule has 0 unspecified atom stereocenters. The first-order valence-electron chi connectivity index (χ1n) is 4.56. The van der Waals surface area contributed by atoms with Crippen molar-refractivity contribution < 1.29 is 4.79 Å². The van der Waals surface area contributed by atoms with Gasteiger partial charge in [0.2, 0.25) is 0 Å². The molecule has 0 aliphatic carbocycles. The fraction of sp³-hybridized carbons (Fsp3) is 0.154. The lowest BCUT2D eigenvalue weighted by molar-refractivity contribution is 0.101. The standard InChI is InChI=1S/C13H14O/c1-4-5-8-12-10(2)7-6-9-13(12)11(3)14/h4-9H,1H2,2-3H3. The highest BCUT2D eigenvalue weighted by Gasteiger charge is 2.05. The lowest BCUT2D eigenvalue weighted by atomic mass is 9.99. The van der Waals surface area contributed by atoms with Crippen LogP contribution in [0.3, 0.4) is 0 Å². The zero-order valence-electron chi connectivity index (χ0n) is 8.58. The van der Waals surface area contributed by atoms with Crippen molar-refractivity contribution in [3.63, 3.8) is 0 Å². The van der Waals surface area contributed by atoms with E-state index in [1.165, 1.54) is 0 Å². The topological polar surface area (TPSA) is 17.1 Å². The van der Waals surface area contributed by atoms with Crippen LogP contribution in [0.25, 0.3) is 6.08 Å². The number of carbonyl (C=O) groups is 1. The van der Waals surface area contributed by atoms with Gasteiger partial charge in [-0.2, -0.15) is 0 Å². The Morgan fingerprint density at radius 3 is 2.71 bits per heavy atom. The predicted molar refractivity (Wildman–Crippen MR) is 60.4 cm³/mol. The number of hydrogen-bond acceptors (Lipinski definition) is 1. The van der Waals surface area contributed by atoms with Crippen molar-refractivity contribution in [2.75, 3.05) is 0 Å². The van der Waals surface area contributed by atoms with Crippen molar-refractivity contribution in [3.8, 4) is 0 Å². The van der Waals surface area contributed by atoms with Crippen LogP contribution in [0, 0.1) is 6.92 Å². The molecular weight excluding hydrogens is 172 g/mol. The van der Waals surface area contributed by atoms with Crippen LogP contribution >= 0.6 is 0 Å². The third kappa shape index (κ3) is 2.19. The van der Waals surface area contributed by atoms with Gasteiger partial charge in [0.25, 0.3) is 0 Å². The SMILES string of the molecule is C=CC=Cc1c(C)cccc1C(C)=O. The molecule has 0 heterocycles. The van der Waals surface area contributed by atoms with Gasteiger partial charge in [-0.05, 0) is 25.0 Å². The first-order valence-corrected chi connectivity index (χ1v) is 4.56. The van der Waals surface area contributed by atoms with Crippen LogP contribution in [0.2, 0.25) is 0 Å². The first kappa shape index (κ1) is 10.5. The van der Waals surface area contributed by atoms with Crippen molar-refractivity contribution in [3.05, 3.63) is 53.6 Å². The molecule has 72 valence electrons. The van der Waals surface area contributed by atoms with Crippen LogP contribution in [0.15, 0.2) is 36.9 Å². The Balaban J connectivity index is 3.28. The Morgan fingerprint density at radius 1 is 1.43 bits per heavy atom. The fourth-order valence-electron chi connectivity index (χ4n) is 1.37. The molecule has 0 spiro atoms. The van der Waals surface area contributed by atoms with Crippen LogP contribution in [0.4, 0.5) is 0 Å². The lowest BCUT2D eigenvalue weighted by Gasteiger charge is -2.05. The summed E-state index contributed by atoms with van der Waals surface area (Å²) in [5.74, 6) is 0.0948. The van der Waals surface area contributed by atoms with E-state index >= 15 is 0 Å². The van der Waals surface area contributed by atoms with Crippen molar-refractivity contribution in [1.29, 1.82) is 0 Å². The molecule has 0 fully saturated rings. The fourth-order valence-corrected chi connectivity index (χ4v) is 1.37. The summed E-state index contributed by atoms with van der Waals surface area (Å²) in [5.41, 5.74) is 2.86. The quantitative estimate of drug-likeness (QED) is 0.522. The lowest BCUT2D eigenvalue weighted by Crippen LogP contribution is -1.97. The van der Waals surface area contributed by atoms with E-state index < -0.39 is 0 Å². The summed E-state index contributed by atoms with van der Waals surface area (Å²) in [6.07, 6.45) is 5.46. The molecule has 14 heavy (non-hydrogen) atoms. The molecule has 0 radical (unpaired) electrons. The number of Topliss-reactive ketones (excluding diaryl/α,β-unsaturated/α-hetero) is 1. The molecule has 1 rings (SSSR count). The second-order valence-corrected chi connectivity index (χ2v) is 3.19. The molecular formula is C13H14O. The normalized spacial score (nSPS) is 10.4. The molecule has 0 bridgehead atoms. The van der Waals surface area contributed by atoms with E-state index in [4.69, 9.17) is 0 Å². The maximum Gasteiger partial charge on any atom is 0.160 e. The van der Waals surface area contributed by atoms with E-state index in [1.807, 2.05) is 37.3 Å². The maximum absolute atomic E-state index is 11.3. The van der Waals surface area contributed by atoms with Crippen molar-refractivity contribution >= 4 is 11.9 Å². The molecule has 0 saturated carbocycles. The van der Waals surface area contributed by atoms with Crippen LogP contribution in [0.5, 0.6) is 0 Å². The third-order valence-electron chi connectivity index (χ3n) is 2.10. The van der Waals surface area contributed by atoms with Gasteiger partial charge in [-0.1, -0.05) is 43.0 Å². The maximum atomic E-state index is 11.3. The minimum Gasteiger partial charge on any atom is -0.294 e. The molecule has 0 aliphatic heterocycles. The summed E-state index contributed by atoms with van der Waals surface area (Å²) in [4.78, 5) is 11.3. The van der Waals surface area contributed by atoms with E-state index in [2.05, 4.69) is 6.58 Å². The molecule has 0 N–H and O–H groups in total. The summed E-state index contributed by atoms with van der Waals surface area (Å²) in [7, 11) is 0. The summed E-state index contributed by atoms with van der Waals surface area (Å²) in [5, 5.41) is 0. The number of rotatable bonds is 3. The van der Waals surface area contributed by atoms with Crippen LogP contribution in [-0.2, 0) is 0 Å². The van der Waals surface area contributed by atoms with Gasteiger partial charge in [-0.25, -0.2) is 0 Å². The number of ketones is 1. The summed E-state index contributed by atoms with van der Waals surface area (Å²) < 4.78 is 0. The summed E-state index contributed by atoms with van der Waals surface area (Å²) >= 11 is 0. The van der Waals surface area contributed by atoms with Crippen LogP contribution < -0.4 is 0 Å². The van der Waals surface area contributed by atoms with Gasteiger partial charge in [0.1, 0.15) is 0 Å². The van der Waals surface area contributed by atoms with Gasteiger partial charge in [0.05, 0.1) is 0 Å². The zero-order valence-corrected chi connectivity index (χ0v) is 8.58. The molecule has 1 aromatic rings. The predicted octanol–water partition coefficient (Wildman–Crippen LogP) is 3.40. The largest absolute Gasteiger partial charge is 0.294 e. The van der Waals surface area contributed by atoms with Gasteiger partial charge in [0.15, 0.2) is 5.78 Å². The molecule has 0 saturated heterocycles. The first-order chi connectivity index (χ1) is 6.66.